The summed E-state index contributed by atoms with van der Waals surface area (Å²) in [5.41, 5.74) is 3.09. The summed E-state index contributed by atoms with van der Waals surface area (Å²) in [7, 11) is 1.72. The van der Waals surface area contributed by atoms with Crippen LogP contribution in [0.25, 0.3) is 0 Å². The molecule has 0 saturated heterocycles. The lowest BCUT2D eigenvalue weighted by Crippen LogP contribution is -2.37. The molecular formula is C21H23ClN2O3. The first kappa shape index (κ1) is 20.8. The first-order valence-electron chi connectivity index (χ1n) is 8.64. The number of aryl methyl sites for hydroxylation is 1. The minimum atomic E-state index is -0.901. The fourth-order valence-electron chi connectivity index (χ4n) is 2.79. The molecule has 0 saturated carbocycles. The number of ether oxygens (including phenoxy) is 1. The molecule has 2 aromatic carbocycles. The zero-order valence-electron chi connectivity index (χ0n) is 15.5. The minimum Gasteiger partial charge on any atom is -0.489 e. The van der Waals surface area contributed by atoms with Gasteiger partial charge in [-0.1, -0.05) is 35.9 Å². The van der Waals surface area contributed by atoms with Crippen molar-refractivity contribution in [1.29, 1.82) is 5.26 Å². The maximum absolute atomic E-state index is 10.9. The van der Waals surface area contributed by atoms with Crippen LogP contribution >= 0.6 is 11.6 Å². The van der Waals surface area contributed by atoms with Crippen molar-refractivity contribution < 1.29 is 14.6 Å². The number of rotatable bonds is 9. The fraction of sp³-hybridized carbons (Fsp3) is 0.333. The lowest BCUT2D eigenvalue weighted by Gasteiger charge is -2.24. The third-order valence-corrected chi connectivity index (χ3v) is 4.78. The number of likely N-dealkylation sites (N-methyl/N-ethyl adjacent to an activating group) is 1. The third-order valence-electron chi connectivity index (χ3n) is 4.36. The van der Waals surface area contributed by atoms with E-state index in [1.807, 2.05) is 49.4 Å². The topological polar surface area (TPSA) is 73.6 Å². The fourth-order valence-corrected chi connectivity index (χ4v) is 2.91. The number of nitriles is 1. The first-order chi connectivity index (χ1) is 12.9. The van der Waals surface area contributed by atoms with Crippen LogP contribution < -0.4 is 4.74 Å². The monoisotopic (exact) mass is 386 g/mol. The quantitative estimate of drug-likeness (QED) is 0.703. The number of carboxylic acids is 1. The summed E-state index contributed by atoms with van der Waals surface area (Å²) >= 11 is 6.03. The van der Waals surface area contributed by atoms with E-state index < -0.39 is 5.97 Å². The third kappa shape index (κ3) is 6.59. The average Bonchev–Trinajstić information content (AvgIpc) is 2.63. The predicted octanol–water partition coefficient (Wildman–Crippen LogP) is 4.07. The van der Waals surface area contributed by atoms with E-state index in [1.165, 1.54) is 0 Å². The summed E-state index contributed by atoms with van der Waals surface area (Å²) in [6.07, 6.45) is 0.881. The Hall–Kier alpha value is -2.55. The van der Waals surface area contributed by atoms with Crippen LogP contribution in [0, 0.1) is 18.3 Å². The van der Waals surface area contributed by atoms with Gasteiger partial charge in [0.1, 0.15) is 12.4 Å². The van der Waals surface area contributed by atoms with Crippen molar-refractivity contribution >= 4 is 17.6 Å². The van der Waals surface area contributed by atoms with Gasteiger partial charge in [0.05, 0.1) is 19.0 Å². The molecule has 0 aromatic heterocycles. The van der Waals surface area contributed by atoms with Crippen LogP contribution in [0.3, 0.4) is 0 Å². The molecular weight excluding hydrogens is 364 g/mol. The second kappa shape index (κ2) is 9.96. The number of nitrogens with zero attached hydrogens (tertiary/aromatic N) is 2. The van der Waals surface area contributed by atoms with Crippen molar-refractivity contribution in [3.05, 3.63) is 64.2 Å². The van der Waals surface area contributed by atoms with Crippen molar-refractivity contribution in [2.75, 3.05) is 13.6 Å². The number of halogens is 1. The predicted molar refractivity (Wildman–Crippen MR) is 105 cm³/mol. The van der Waals surface area contributed by atoms with E-state index in [9.17, 15) is 4.79 Å². The molecule has 0 bridgehead atoms. The second-order valence-corrected chi connectivity index (χ2v) is 6.95. The molecule has 0 amide bonds. The minimum absolute atomic E-state index is 0.0892. The molecule has 0 heterocycles. The Bertz CT molecular complexity index is 815. The highest BCUT2D eigenvalue weighted by Gasteiger charge is 2.17. The van der Waals surface area contributed by atoms with Gasteiger partial charge in [-0.2, -0.15) is 5.26 Å². The molecule has 142 valence electrons. The maximum Gasteiger partial charge on any atom is 0.317 e. The molecule has 0 fully saturated rings. The van der Waals surface area contributed by atoms with E-state index in [0.29, 0.717) is 13.0 Å². The molecule has 0 aliphatic heterocycles. The normalized spacial score (nSPS) is 11.8. The molecule has 5 nitrogen and oxygen atoms in total. The molecule has 27 heavy (non-hydrogen) atoms. The first-order valence-corrected chi connectivity index (χ1v) is 9.02. The van der Waals surface area contributed by atoms with Crippen molar-refractivity contribution in [2.24, 2.45) is 0 Å². The lowest BCUT2D eigenvalue weighted by atomic mass is 10.0. The van der Waals surface area contributed by atoms with Gasteiger partial charge in [0.25, 0.3) is 0 Å². The number of carboxylic acid groups (broad SMARTS) is 1. The molecule has 0 aliphatic carbocycles. The van der Waals surface area contributed by atoms with Crippen LogP contribution in [-0.2, 0) is 17.8 Å². The largest absolute Gasteiger partial charge is 0.489 e. The van der Waals surface area contributed by atoms with Crippen LogP contribution in [0.5, 0.6) is 5.75 Å². The summed E-state index contributed by atoms with van der Waals surface area (Å²) in [5, 5.41) is 18.7. The highest BCUT2D eigenvalue weighted by atomic mass is 35.5. The van der Waals surface area contributed by atoms with E-state index in [4.69, 9.17) is 26.7 Å². The average molecular weight is 387 g/mol. The van der Waals surface area contributed by atoms with Gasteiger partial charge >= 0.3 is 5.97 Å². The Balaban J connectivity index is 1.95. The van der Waals surface area contributed by atoms with Gasteiger partial charge in [-0.15, -0.1) is 0 Å². The van der Waals surface area contributed by atoms with Gasteiger partial charge in [-0.05, 0) is 55.3 Å². The SMILES string of the molecule is Cc1cc(COc2ccc(C[C@@H](CC#N)N(C)CC(=O)O)cc2)ccc1Cl. The van der Waals surface area contributed by atoms with E-state index in [2.05, 4.69) is 6.07 Å². The number of aliphatic carboxylic acids is 1. The standard InChI is InChI=1S/C21H23ClN2O3/c1-15-11-17(5-8-20(15)22)14-27-19-6-3-16(4-7-19)12-18(9-10-23)24(2)13-21(25)26/h3-8,11,18H,9,12-14H2,1-2H3,(H,25,26)/t18-/m1/s1. The second-order valence-electron chi connectivity index (χ2n) is 6.55. The smallest absolute Gasteiger partial charge is 0.317 e. The molecule has 2 rings (SSSR count). The number of carbonyl (C=O) groups is 1. The number of benzene rings is 2. The van der Waals surface area contributed by atoms with Gasteiger partial charge in [0, 0.05) is 11.1 Å². The van der Waals surface area contributed by atoms with Crippen molar-refractivity contribution in [3.63, 3.8) is 0 Å². The Kier molecular flexibility index (Phi) is 7.66. The van der Waals surface area contributed by atoms with Crippen LogP contribution in [0.1, 0.15) is 23.1 Å². The van der Waals surface area contributed by atoms with E-state index >= 15 is 0 Å². The van der Waals surface area contributed by atoms with E-state index in [0.717, 1.165) is 27.5 Å². The van der Waals surface area contributed by atoms with Crippen LogP contribution in [-0.4, -0.2) is 35.6 Å². The van der Waals surface area contributed by atoms with Gasteiger partial charge in [-0.3, -0.25) is 9.69 Å². The summed E-state index contributed by atoms with van der Waals surface area (Å²) in [4.78, 5) is 12.6. The van der Waals surface area contributed by atoms with Crippen molar-refractivity contribution in [3.8, 4) is 11.8 Å². The zero-order chi connectivity index (χ0) is 19.8. The number of hydrogen-bond donors (Lipinski definition) is 1. The highest BCUT2D eigenvalue weighted by Crippen LogP contribution is 2.20. The Morgan fingerprint density at radius 1 is 1.26 bits per heavy atom. The molecule has 0 unspecified atom stereocenters. The molecule has 0 radical (unpaired) electrons. The van der Waals surface area contributed by atoms with E-state index in [1.54, 1.807) is 11.9 Å². The maximum atomic E-state index is 10.9. The summed E-state index contributed by atoms with van der Waals surface area (Å²) in [6, 6.07) is 15.5. The lowest BCUT2D eigenvalue weighted by molar-refractivity contribution is -0.138. The molecule has 2 aromatic rings. The number of hydrogen-bond acceptors (Lipinski definition) is 4. The van der Waals surface area contributed by atoms with Crippen LogP contribution in [0.2, 0.25) is 5.02 Å². The van der Waals surface area contributed by atoms with Gasteiger partial charge in [0.2, 0.25) is 0 Å². The Morgan fingerprint density at radius 2 is 1.93 bits per heavy atom. The molecule has 1 atom stereocenters. The highest BCUT2D eigenvalue weighted by molar-refractivity contribution is 6.31. The Labute approximate surface area is 164 Å². The molecule has 6 heteroatoms. The molecule has 1 N–H and O–H groups in total. The van der Waals surface area contributed by atoms with Gasteiger partial charge in [-0.25, -0.2) is 0 Å². The van der Waals surface area contributed by atoms with Crippen LogP contribution in [0.15, 0.2) is 42.5 Å². The molecule has 0 aliphatic rings. The van der Waals surface area contributed by atoms with Gasteiger partial charge in [0.15, 0.2) is 0 Å². The zero-order valence-corrected chi connectivity index (χ0v) is 16.2. The van der Waals surface area contributed by atoms with Crippen molar-refractivity contribution in [1.82, 2.24) is 4.90 Å². The molecule has 0 spiro atoms. The summed E-state index contributed by atoms with van der Waals surface area (Å²) < 4.78 is 5.81. The van der Waals surface area contributed by atoms with Crippen molar-refractivity contribution in [2.45, 2.75) is 32.4 Å². The summed E-state index contributed by atoms with van der Waals surface area (Å²) in [5.74, 6) is -0.149. The van der Waals surface area contributed by atoms with Crippen LogP contribution in [0.4, 0.5) is 0 Å². The van der Waals surface area contributed by atoms with Gasteiger partial charge < -0.3 is 9.84 Å². The summed E-state index contributed by atoms with van der Waals surface area (Å²) in [6.45, 7) is 2.32. The Morgan fingerprint density at radius 3 is 2.52 bits per heavy atom. The van der Waals surface area contributed by atoms with E-state index in [-0.39, 0.29) is 19.0 Å².